The summed E-state index contributed by atoms with van der Waals surface area (Å²) in [6, 6.07) is 59.8. The molecule has 0 unspecified atom stereocenters. The highest BCUT2D eigenvalue weighted by atomic mass is 15.2. The molecule has 1 heterocycles. The molecule has 2 nitrogen and oxygen atoms in total. The van der Waals surface area contributed by atoms with Gasteiger partial charge < -0.3 is 10.2 Å². The smallest absolute Gasteiger partial charge is 0.197 e. The third-order valence-electron chi connectivity index (χ3n) is 17.7. The van der Waals surface area contributed by atoms with Gasteiger partial charge in [0.15, 0.2) is 7.28 Å². The van der Waals surface area contributed by atoms with Crippen LogP contribution >= 0.6 is 0 Å². The van der Waals surface area contributed by atoms with E-state index in [0.29, 0.717) is 0 Å². The van der Waals surface area contributed by atoms with Crippen LogP contribution in [0.15, 0.2) is 158 Å². The lowest BCUT2D eigenvalue weighted by atomic mass is 9.54. The van der Waals surface area contributed by atoms with E-state index < -0.39 is 0 Å². The van der Waals surface area contributed by atoms with Crippen molar-refractivity contribution in [3.63, 3.8) is 0 Å². The number of aryl methyl sites for hydroxylation is 1. The summed E-state index contributed by atoms with van der Waals surface area (Å²) >= 11 is 0. The third-order valence-corrected chi connectivity index (χ3v) is 17.7. The van der Waals surface area contributed by atoms with Crippen molar-refractivity contribution in [2.45, 2.75) is 129 Å². The van der Waals surface area contributed by atoms with Crippen molar-refractivity contribution in [2.24, 2.45) is 0 Å². The molecule has 8 aromatic rings. The fourth-order valence-electron chi connectivity index (χ4n) is 13.1. The van der Waals surface area contributed by atoms with E-state index in [4.69, 9.17) is 0 Å². The number of nitrogens with zero attached hydrogens (tertiary/aromatic N) is 1. The SMILES string of the molecule is Cc1cc2c(cc1N1c3cc4c(cc3[B]c3c(-c5cc(-c6ccccc6)ccc5Nc5ccc(-c6ccccc6)cc5)cc5c(c31)-c1ccccc1C5(C)C)C(C)(C)CCC4(C)C)C(C)(C)CCC2(C)C. The first-order valence-electron chi connectivity index (χ1n) is 26.3. The Bertz CT molecular complexity index is 3420. The highest BCUT2D eigenvalue weighted by molar-refractivity contribution is 6.73. The fraction of sp³-hybridized carbons (Fsp3) is 0.294. The summed E-state index contributed by atoms with van der Waals surface area (Å²) in [5, 5.41) is 4.00. The van der Waals surface area contributed by atoms with Gasteiger partial charge in [0.1, 0.15) is 0 Å². The predicted octanol–water partition coefficient (Wildman–Crippen LogP) is 17.2. The fourth-order valence-corrected chi connectivity index (χ4v) is 13.1. The van der Waals surface area contributed by atoms with Gasteiger partial charge in [-0.3, -0.25) is 0 Å². The molecule has 1 aliphatic heterocycles. The second-order valence-corrected chi connectivity index (χ2v) is 24.6. The quantitative estimate of drug-likeness (QED) is 0.167. The maximum Gasteiger partial charge on any atom is 0.197 e. The molecule has 0 fully saturated rings. The standard InChI is InChI=1S/C68H68BN2/c1-42-36-52-54(66(6,7)34-32-64(52,2)3)40-59(42)71-60-41-55-53(65(4,5)33-35-67(55,8)9)39-57(60)69-62-50(38-56-61(63(62)71)48-24-18-19-25-51(48)68(56,10)11)49-37-46(44-22-16-13-17-23-44)28-31-58(49)70-47-29-26-45(27-30-47)43-20-14-12-15-21-43/h12-31,36-41,70H,32-35H2,1-11H3. The third kappa shape index (κ3) is 7.27. The molecule has 1 radical (unpaired) electrons. The monoisotopic (exact) mass is 924 g/mol. The van der Waals surface area contributed by atoms with Crippen molar-refractivity contribution in [3.8, 4) is 44.5 Å². The van der Waals surface area contributed by atoms with Gasteiger partial charge in [-0.2, -0.15) is 0 Å². The Morgan fingerprint density at radius 3 is 1.55 bits per heavy atom. The molecule has 3 aliphatic carbocycles. The summed E-state index contributed by atoms with van der Waals surface area (Å²) in [7, 11) is 2.58. The van der Waals surface area contributed by atoms with E-state index in [2.05, 4.69) is 251 Å². The molecule has 0 spiro atoms. The maximum absolute atomic E-state index is 4.00. The van der Waals surface area contributed by atoms with Crippen LogP contribution < -0.4 is 21.1 Å². The summed E-state index contributed by atoms with van der Waals surface area (Å²) in [4.78, 5) is 2.76. The van der Waals surface area contributed by atoms with Crippen LogP contribution in [-0.4, -0.2) is 7.28 Å². The van der Waals surface area contributed by atoms with E-state index in [-0.39, 0.29) is 27.1 Å². The zero-order valence-corrected chi connectivity index (χ0v) is 43.9. The average Bonchev–Trinajstić information content (AvgIpc) is 3.59. The second kappa shape index (κ2) is 16.0. The van der Waals surface area contributed by atoms with Gasteiger partial charge >= 0.3 is 0 Å². The number of hydrogen-bond donors (Lipinski definition) is 1. The van der Waals surface area contributed by atoms with Crippen molar-refractivity contribution in [3.05, 3.63) is 197 Å². The van der Waals surface area contributed by atoms with Crippen LogP contribution in [-0.2, 0) is 27.1 Å². The Balaban J connectivity index is 1.18. The lowest BCUT2D eigenvalue weighted by Gasteiger charge is -2.46. The first-order valence-corrected chi connectivity index (χ1v) is 26.3. The van der Waals surface area contributed by atoms with Gasteiger partial charge in [0.25, 0.3) is 0 Å². The van der Waals surface area contributed by atoms with Gasteiger partial charge in [0.2, 0.25) is 0 Å². The van der Waals surface area contributed by atoms with E-state index in [9.17, 15) is 0 Å². The van der Waals surface area contributed by atoms with Gasteiger partial charge in [0, 0.05) is 45.0 Å². The molecule has 0 atom stereocenters. The number of hydrogen-bond acceptors (Lipinski definition) is 2. The minimum atomic E-state index is -0.252. The number of nitrogens with one attached hydrogen (secondary N) is 1. The van der Waals surface area contributed by atoms with Crippen molar-refractivity contribution in [2.75, 3.05) is 10.2 Å². The van der Waals surface area contributed by atoms with Crippen molar-refractivity contribution in [1.29, 1.82) is 0 Å². The number of benzene rings is 8. The summed E-state index contributed by atoms with van der Waals surface area (Å²) in [6.07, 6.45) is 4.68. The molecule has 8 aromatic carbocycles. The molecule has 12 rings (SSSR count). The minimum Gasteiger partial charge on any atom is -0.355 e. The van der Waals surface area contributed by atoms with Crippen LogP contribution in [0.1, 0.15) is 134 Å². The molecule has 4 aliphatic rings. The minimum absolute atomic E-state index is 0.0406. The molecular formula is C68H68BN2. The van der Waals surface area contributed by atoms with Crippen LogP contribution in [0.4, 0.5) is 28.4 Å². The van der Waals surface area contributed by atoms with Gasteiger partial charge in [-0.05, 0) is 175 Å². The zero-order valence-electron chi connectivity index (χ0n) is 43.9. The molecule has 0 bridgehead atoms. The van der Waals surface area contributed by atoms with Crippen LogP contribution in [0, 0.1) is 6.92 Å². The Morgan fingerprint density at radius 1 is 0.423 bits per heavy atom. The average molecular weight is 924 g/mol. The summed E-state index contributed by atoms with van der Waals surface area (Å²) < 4.78 is 0. The van der Waals surface area contributed by atoms with E-state index in [1.165, 1.54) is 124 Å². The van der Waals surface area contributed by atoms with E-state index in [1.807, 2.05) is 0 Å². The normalized spacial score (nSPS) is 17.9. The van der Waals surface area contributed by atoms with Gasteiger partial charge in [0.05, 0.1) is 0 Å². The molecule has 0 aromatic heterocycles. The van der Waals surface area contributed by atoms with Crippen LogP contribution in [0.25, 0.3) is 44.5 Å². The maximum atomic E-state index is 4.00. The van der Waals surface area contributed by atoms with Gasteiger partial charge in [-0.1, -0.05) is 190 Å². The summed E-state index contributed by atoms with van der Waals surface area (Å²) in [6.45, 7) is 27.0. The molecule has 353 valence electrons. The molecule has 71 heavy (non-hydrogen) atoms. The van der Waals surface area contributed by atoms with Crippen molar-refractivity contribution >= 4 is 46.6 Å². The van der Waals surface area contributed by atoms with E-state index >= 15 is 0 Å². The Morgan fingerprint density at radius 2 is 0.930 bits per heavy atom. The lowest BCUT2D eigenvalue weighted by molar-refractivity contribution is 0.331. The van der Waals surface area contributed by atoms with E-state index in [0.717, 1.165) is 24.2 Å². The van der Waals surface area contributed by atoms with Crippen LogP contribution in [0.2, 0.25) is 0 Å². The first kappa shape index (κ1) is 45.6. The molecule has 1 N–H and O–H groups in total. The van der Waals surface area contributed by atoms with Gasteiger partial charge in [-0.15, -0.1) is 0 Å². The zero-order chi connectivity index (χ0) is 49.4. The molecule has 0 saturated heterocycles. The first-order chi connectivity index (χ1) is 33.8. The Kier molecular flexibility index (Phi) is 10.2. The predicted molar refractivity (Wildman–Crippen MR) is 305 cm³/mol. The largest absolute Gasteiger partial charge is 0.355 e. The number of fused-ring (bicyclic) bond motifs is 8. The molecular weight excluding hydrogens is 856 g/mol. The Labute approximate surface area is 424 Å². The second-order valence-electron chi connectivity index (χ2n) is 24.6. The highest BCUT2D eigenvalue weighted by Crippen LogP contribution is 2.58. The lowest BCUT2D eigenvalue weighted by Crippen LogP contribution is -2.44. The van der Waals surface area contributed by atoms with Crippen molar-refractivity contribution in [1.82, 2.24) is 0 Å². The van der Waals surface area contributed by atoms with Gasteiger partial charge in [-0.25, -0.2) is 0 Å². The highest BCUT2D eigenvalue weighted by Gasteiger charge is 2.45. The number of anilines is 5. The summed E-state index contributed by atoms with van der Waals surface area (Å²) in [5.41, 5.74) is 28.5. The molecule has 3 heteroatoms. The van der Waals surface area contributed by atoms with E-state index in [1.54, 1.807) is 0 Å². The topological polar surface area (TPSA) is 15.3 Å². The Hall–Kier alpha value is -6.58. The van der Waals surface area contributed by atoms with Crippen LogP contribution in [0.5, 0.6) is 0 Å². The number of rotatable bonds is 6. The summed E-state index contributed by atoms with van der Waals surface area (Å²) in [5.74, 6) is 0. The molecule has 0 amide bonds. The molecule has 0 saturated carbocycles. The van der Waals surface area contributed by atoms with Crippen molar-refractivity contribution < 1.29 is 0 Å². The van der Waals surface area contributed by atoms with Crippen LogP contribution in [0.3, 0.4) is 0 Å².